The minimum Gasteiger partial charge on any atom is -0.252 e. The Morgan fingerprint density at radius 3 is 2.21 bits per heavy atom. The van der Waals surface area contributed by atoms with E-state index in [2.05, 4.69) is 77.3 Å². The summed E-state index contributed by atoms with van der Waals surface area (Å²) in [4.78, 5) is 8.27. The molecule has 0 radical (unpaired) electrons. The summed E-state index contributed by atoms with van der Waals surface area (Å²) in [5, 5.41) is 2.83. The van der Waals surface area contributed by atoms with Gasteiger partial charge in [0.1, 0.15) is 0 Å². The molecule has 144 valence electrons. The summed E-state index contributed by atoms with van der Waals surface area (Å²) in [6.45, 7) is 4.51. The van der Waals surface area contributed by atoms with Crippen molar-refractivity contribution in [2.75, 3.05) is 0 Å². The number of nitrogens with zero attached hydrogens (tertiary/aromatic N) is 2. The first kappa shape index (κ1) is 21.0. The second-order valence-corrected chi connectivity index (χ2v) is 7.56. The molecular weight excluding hydrogens is 396 g/mol. The summed E-state index contributed by atoms with van der Waals surface area (Å²) in [5.74, 6) is 7.15. The van der Waals surface area contributed by atoms with Gasteiger partial charge in [-0.3, -0.25) is 4.98 Å². The molecule has 0 N–H and O–H groups in total. The molecule has 29 heavy (non-hydrogen) atoms. The fourth-order valence-corrected chi connectivity index (χ4v) is 3.26. The van der Waals surface area contributed by atoms with E-state index >= 15 is 0 Å². The first-order valence-corrected chi connectivity index (χ1v) is 10.3. The molecule has 0 fully saturated rings. The lowest BCUT2D eigenvalue weighted by Gasteiger charge is -2.07. The lowest BCUT2D eigenvalue weighted by atomic mass is 9.98. The second kappa shape index (κ2) is 10.1. The van der Waals surface area contributed by atoms with Crippen LogP contribution in [0, 0.1) is 17.8 Å². The number of isothiocyanates is 1. The third-order valence-electron chi connectivity index (χ3n) is 4.75. The Kier molecular flexibility index (Phi) is 7.33. The van der Waals surface area contributed by atoms with Crippen LogP contribution in [0.5, 0.6) is 0 Å². The van der Waals surface area contributed by atoms with Gasteiger partial charge in [0, 0.05) is 16.7 Å². The van der Waals surface area contributed by atoms with Gasteiger partial charge in [-0.2, -0.15) is 4.99 Å². The van der Waals surface area contributed by atoms with Crippen molar-refractivity contribution in [1.82, 2.24) is 4.98 Å². The highest BCUT2D eigenvalue weighted by Crippen LogP contribution is 2.28. The monoisotopic (exact) mass is 416 g/mol. The van der Waals surface area contributed by atoms with Crippen LogP contribution in [0.2, 0.25) is 5.02 Å². The van der Waals surface area contributed by atoms with E-state index < -0.39 is 0 Å². The van der Waals surface area contributed by atoms with Crippen molar-refractivity contribution < 1.29 is 0 Å². The number of hydrogen-bond acceptors (Lipinski definition) is 3. The summed E-state index contributed by atoms with van der Waals surface area (Å²) in [7, 11) is 0. The first-order chi connectivity index (χ1) is 14.1. The zero-order valence-corrected chi connectivity index (χ0v) is 18.0. The van der Waals surface area contributed by atoms with Gasteiger partial charge in [0.15, 0.2) is 0 Å². The molecule has 1 heterocycles. The Labute approximate surface area is 182 Å². The molecule has 0 spiro atoms. The minimum atomic E-state index is 0.521. The van der Waals surface area contributed by atoms with E-state index in [4.69, 9.17) is 11.6 Å². The third-order valence-corrected chi connectivity index (χ3v) is 5.13. The number of hydrogen-bond donors (Lipinski definition) is 0. The second-order valence-electron chi connectivity index (χ2n) is 6.97. The van der Waals surface area contributed by atoms with Crippen LogP contribution in [0.3, 0.4) is 0 Å². The number of aromatic nitrogens is 1. The maximum Gasteiger partial charge on any atom is 0.0937 e. The third kappa shape index (κ3) is 5.86. The number of halogens is 1. The first-order valence-electron chi connectivity index (χ1n) is 9.54. The highest BCUT2D eigenvalue weighted by atomic mass is 35.5. The number of rotatable bonds is 5. The number of benzene rings is 2. The molecule has 0 bridgehead atoms. The fraction of sp³-hybridized carbons (Fsp3) is 0.200. The highest BCUT2D eigenvalue weighted by molar-refractivity contribution is 7.78. The van der Waals surface area contributed by atoms with Crippen molar-refractivity contribution in [1.29, 1.82) is 0 Å². The van der Waals surface area contributed by atoms with E-state index in [1.807, 2.05) is 24.3 Å². The zero-order valence-electron chi connectivity index (χ0n) is 16.4. The Morgan fingerprint density at radius 2 is 1.66 bits per heavy atom. The minimum absolute atomic E-state index is 0.521. The Hall–Kier alpha value is -2.76. The van der Waals surface area contributed by atoms with E-state index in [9.17, 15) is 0 Å². The van der Waals surface area contributed by atoms with E-state index in [1.54, 1.807) is 12.3 Å². The van der Waals surface area contributed by atoms with Gasteiger partial charge < -0.3 is 0 Å². The standard InChI is InChI=1S/C25H21ClN2S/c1-3-18(2)14-21-8-6-19(7-9-21)4-5-20-10-12-22(13-11-20)25-24(26)15-23(16-27-25)28-17-29/h6-13,15-16,18H,3,14H2,1-2H3. The molecule has 3 aromatic rings. The van der Waals surface area contributed by atoms with Crippen molar-refractivity contribution in [3.8, 4) is 23.1 Å². The van der Waals surface area contributed by atoms with Gasteiger partial charge in [-0.05, 0) is 60.5 Å². The van der Waals surface area contributed by atoms with Gasteiger partial charge in [-0.1, -0.05) is 68.0 Å². The van der Waals surface area contributed by atoms with Crippen molar-refractivity contribution >= 4 is 34.7 Å². The Morgan fingerprint density at radius 1 is 1.03 bits per heavy atom. The zero-order chi connectivity index (χ0) is 20.6. The van der Waals surface area contributed by atoms with E-state index in [0.29, 0.717) is 22.3 Å². The SMILES string of the molecule is CCC(C)Cc1ccc(C#Cc2ccc(-c3ncc(N=C=S)cc3Cl)cc2)cc1. The molecule has 3 rings (SSSR count). The van der Waals surface area contributed by atoms with Gasteiger partial charge in [0.25, 0.3) is 0 Å². The van der Waals surface area contributed by atoms with Gasteiger partial charge in [0.2, 0.25) is 0 Å². The number of pyridine rings is 1. The largest absolute Gasteiger partial charge is 0.252 e. The molecule has 1 unspecified atom stereocenters. The van der Waals surface area contributed by atoms with Gasteiger partial charge in [-0.15, -0.1) is 0 Å². The summed E-state index contributed by atoms with van der Waals surface area (Å²) in [5.41, 5.74) is 5.53. The van der Waals surface area contributed by atoms with Crippen LogP contribution in [-0.4, -0.2) is 10.1 Å². The van der Waals surface area contributed by atoms with Crippen LogP contribution in [0.25, 0.3) is 11.3 Å². The predicted molar refractivity (Wildman–Crippen MR) is 125 cm³/mol. The smallest absolute Gasteiger partial charge is 0.0937 e. The average molecular weight is 417 g/mol. The van der Waals surface area contributed by atoms with Gasteiger partial charge >= 0.3 is 0 Å². The molecule has 0 saturated heterocycles. The summed E-state index contributed by atoms with van der Waals surface area (Å²) in [6.07, 6.45) is 3.93. The van der Waals surface area contributed by atoms with Crippen LogP contribution in [-0.2, 0) is 6.42 Å². The highest BCUT2D eigenvalue weighted by Gasteiger charge is 2.06. The molecule has 0 aliphatic rings. The Balaban J connectivity index is 1.72. The molecular formula is C25H21ClN2S. The predicted octanol–water partition coefficient (Wildman–Crippen LogP) is 7.12. The quantitative estimate of drug-likeness (QED) is 0.251. The van der Waals surface area contributed by atoms with E-state index in [1.165, 1.54) is 12.0 Å². The number of aliphatic imine (C=N–C) groups is 1. The topological polar surface area (TPSA) is 25.2 Å². The summed E-state index contributed by atoms with van der Waals surface area (Å²) >= 11 is 10.9. The summed E-state index contributed by atoms with van der Waals surface area (Å²) in [6, 6.07) is 18.1. The van der Waals surface area contributed by atoms with E-state index in [-0.39, 0.29) is 0 Å². The van der Waals surface area contributed by atoms with Crippen LogP contribution in [0.4, 0.5) is 5.69 Å². The van der Waals surface area contributed by atoms with Crippen LogP contribution in [0.1, 0.15) is 37.0 Å². The molecule has 0 amide bonds. The van der Waals surface area contributed by atoms with Crippen molar-refractivity contribution in [2.45, 2.75) is 26.7 Å². The Bertz CT molecular complexity index is 1090. The summed E-state index contributed by atoms with van der Waals surface area (Å²) < 4.78 is 0. The molecule has 0 aliphatic carbocycles. The van der Waals surface area contributed by atoms with Crippen LogP contribution >= 0.6 is 23.8 Å². The molecule has 1 atom stereocenters. The van der Waals surface area contributed by atoms with Crippen molar-refractivity contribution in [2.24, 2.45) is 10.9 Å². The van der Waals surface area contributed by atoms with Gasteiger partial charge in [-0.25, -0.2) is 0 Å². The van der Waals surface area contributed by atoms with E-state index in [0.717, 1.165) is 23.1 Å². The molecule has 2 aromatic carbocycles. The normalized spacial score (nSPS) is 11.1. The van der Waals surface area contributed by atoms with Crippen LogP contribution in [0.15, 0.2) is 65.8 Å². The lowest BCUT2D eigenvalue weighted by molar-refractivity contribution is 0.560. The molecule has 4 heteroatoms. The number of thiocarbonyl (C=S) groups is 1. The molecule has 0 saturated carbocycles. The molecule has 2 nitrogen and oxygen atoms in total. The maximum absolute atomic E-state index is 6.32. The average Bonchev–Trinajstić information content (AvgIpc) is 2.74. The molecule has 0 aliphatic heterocycles. The lowest BCUT2D eigenvalue weighted by Crippen LogP contribution is -1.97. The molecule has 1 aromatic heterocycles. The van der Waals surface area contributed by atoms with Crippen molar-refractivity contribution in [3.05, 3.63) is 82.5 Å². The maximum atomic E-state index is 6.32. The fourth-order valence-electron chi connectivity index (χ4n) is 2.88. The van der Waals surface area contributed by atoms with Crippen LogP contribution < -0.4 is 0 Å². The van der Waals surface area contributed by atoms with Crippen molar-refractivity contribution in [3.63, 3.8) is 0 Å². The van der Waals surface area contributed by atoms with Gasteiger partial charge in [0.05, 0.1) is 27.8 Å².